The minimum absolute atomic E-state index is 0.00875. The summed E-state index contributed by atoms with van der Waals surface area (Å²) < 4.78 is 0. The van der Waals surface area contributed by atoms with Gasteiger partial charge in [-0.2, -0.15) is 0 Å². The first-order valence-electron chi connectivity index (χ1n) is 5.39. The van der Waals surface area contributed by atoms with Gasteiger partial charge in [0.2, 0.25) is 5.91 Å². The summed E-state index contributed by atoms with van der Waals surface area (Å²) in [5, 5.41) is 9.01. The second kappa shape index (κ2) is 4.63. The van der Waals surface area contributed by atoms with E-state index in [0.717, 1.165) is 19.5 Å². The van der Waals surface area contributed by atoms with E-state index in [1.807, 2.05) is 7.05 Å². The van der Waals surface area contributed by atoms with Crippen molar-refractivity contribution in [3.05, 3.63) is 0 Å². The molecule has 0 bridgehead atoms. The van der Waals surface area contributed by atoms with Crippen molar-refractivity contribution in [3.8, 4) is 0 Å². The molecule has 0 aromatic heterocycles. The molecule has 1 amide bonds. The molecule has 0 aliphatic carbocycles. The Morgan fingerprint density at radius 1 is 1.44 bits per heavy atom. The topological polar surface area (TPSA) is 60.9 Å². The highest BCUT2D eigenvalue weighted by Crippen LogP contribution is 2.26. The van der Waals surface area contributed by atoms with Crippen LogP contribution in [-0.2, 0) is 9.59 Å². The SMILES string of the molecule is CN1CCC(C(=O)N2CSC[C@H]2C(=O)O)C1. The number of carboxylic acids is 1. The largest absolute Gasteiger partial charge is 0.480 e. The predicted molar refractivity (Wildman–Crippen MR) is 61.2 cm³/mol. The molecule has 0 aromatic carbocycles. The molecule has 2 saturated heterocycles. The number of hydrogen-bond acceptors (Lipinski definition) is 4. The van der Waals surface area contributed by atoms with Crippen molar-refractivity contribution < 1.29 is 14.7 Å². The molecule has 0 saturated carbocycles. The fourth-order valence-electron chi connectivity index (χ4n) is 2.24. The van der Waals surface area contributed by atoms with Gasteiger partial charge >= 0.3 is 5.97 Å². The number of aliphatic carboxylic acids is 1. The van der Waals surface area contributed by atoms with Crippen molar-refractivity contribution in [2.45, 2.75) is 12.5 Å². The first-order chi connectivity index (χ1) is 7.59. The Morgan fingerprint density at radius 3 is 2.75 bits per heavy atom. The Kier molecular flexibility index (Phi) is 3.39. The number of hydrogen-bond donors (Lipinski definition) is 1. The first kappa shape index (κ1) is 11.7. The summed E-state index contributed by atoms with van der Waals surface area (Å²) in [4.78, 5) is 26.7. The van der Waals surface area contributed by atoms with E-state index >= 15 is 0 Å². The number of nitrogens with zero attached hydrogens (tertiary/aromatic N) is 2. The minimum Gasteiger partial charge on any atom is -0.480 e. The van der Waals surface area contributed by atoms with E-state index in [4.69, 9.17) is 5.11 Å². The quantitative estimate of drug-likeness (QED) is 0.736. The molecule has 16 heavy (non-hydrogen) atoms. The van der Waals surface area contributed by atoms with Crippen molar-refractivity contribution >= 4 is 23.6 Å². The van der Waals surface area contributed by atoms with Crippen LogP contribution in [0.4, 0.5) is 0 Å². The third-order valence-electron chi connectivity index (χ3n) is 3.19. The molecule has 0 radical (unpaired) electrons. The Labute approximate surface area is 98.8 Å². The summed E-state index contributed by atoms with van der Waals surface area (Å²) in [7, 11) is 1.99. The van der Waals surface area contributed by atoms with E-state index in [2.05, 4.69) is 4.90 Å². The third-order valence-corrected chi connectivity index (χ3v) is 4.20. The van der Waals surface area contributed by atoms with Crippen LogP contribution >= 0.6 is 11.8 Å². The third kappa shape index (κ3) is 2.17. The molecule has 1 N–H and O–H groups in total. The zero-order valence-electron chi connectivity index (χ0n) is 9.26. The molecule has 2 fully saturated rings. The van der Waals surface area contributed by atoms with Crippen LogP contribution in [0, 0.1) is 5.92 Å². The van der Waals surface area contributed by atoms with Gasteiger partial charge in [-0.25, -0.2) is 4.79 Å². The predicted octanol–water partition coefficient (Wildman–Crippen LogP) is -0.0758. The highest BCUT2D eigenvalue weighted by atomic mass is 32.2. The van der Waals surface area contributed by atoms with E-state index in [0.29, 0.717) is 11.6 Å². The molecule has 2 rings (SSSR count). The zero-order valence-corrected chi connectivity index (χ0v) is 10.1. The maximum absolute atomic E-state index is 12.1. The average molecular weight is 244 g/mol. The number of carbonyl (C=O) groups excluding carboxylic acids is 1. The summed E-state index contributed by atoms with van der Waals surface area (Å²) in [5.74, 6) is 0.164. The summed E-state index contributed by atoms with van der Waals surface area (Å²) in [6.45, 7) is 1.68. The maximum atomic E-state index is 12.1. The number of likely N-dealkylation sites (tertiary alicyclic amines) is 1. The van der Waals surface area contributed by atoms with Crippen LogP contribution in [0.2, 0.25) is 0 Å². The van der Waals surface area contributed by atoms with Gasteiger partial charge in [0, 0.05) is 12.3 Å². The van der Waals surface area contributed by atoms with Gasteiger partial charge in [0.1, 0.15) is 6.04 Å². The average Bonchev–Trinajstić information content (AvgIpc) is 2.84. The van der Waals surface area contributed by atoms with Crippen molar-refractivity contribution in [1.29, 1.82) is 0 Å². The van der Waals surface area contributed by atoms with Gasteiger partial charge in [-0.15, -0.1) is 11.8 Å². The Hall–Kier alpha value is -0.750. The number of amides is 1. The molecular formula is C10H16N2O3S. The highest BCUT2D eigenvalue weighted by molar-refractivity contribution is 7.99. The molecule has 0 aromatic rings. The van der Waals surface area contributed by atoms with E-state index in [-0.39, 0.29) is 11.8 Å². The summed E-state index contributed by atoms with van der Waals surface area (Å²) in [6.07, 6.45) is 0.850. The lowest BCUT2D eigenvalue weighted by Crippen LogP contribution is -2.45. The van der Waals surface area contributed by atoms with Crippen LogP contribution in [0.15, 0.2) is 0 Å². The maximum Gasteiger partial charge on any atom is 0.327 e. The molecule has 5 nitrogen and oxygen atoms in total. The highest BCUT2D eigenvalue weighted by Gasteiger charge is 2.39. The van der Waals surface area contributed by atoms with Gasteiger partial charge < -0.3 is 14.9 Å². The first-order valence-corrected chi connectivity index (χ1v) is 6.54. The van der Waals surface area contributed by atoms with E-state index in [1.165, 1.54) is 16.7 Å². The summed E-state index contributed by atoms with van der Waals surface area (Å²) >= 11 is 1.52. The smallest absolute Gasteiger partial charge is 0.327 e. The van der Waals surface area contributed by atoms with Gasteiger partial charge in [0.25, 0.3) is 0 Å². The van der Waals surface area contributed by atoms with Crippen LogP contribution < -0.4 is 0 Å². The molecule has 1 unspecified atom stereocenters. The van der Waals surface area contributed by atoms with Crippen molar-refractivity contribution in [3.63, 3.8) is 0 Å². The van der Waals surface area contributed by atoms with Gasteiger partial charge in [-0.3, -0.25) is 4.79 Å². The zero-order chi connectivity index (χ0) is 11.7. The van der Waals surface area contributed by atoms with Crippen LogP contribution in [0.3, 0.4) is 0 Å². The van der Waals surface area contributed by atoms with Gasteiger partial charge in [-0.05, 0) is 20.0 Å². The number of carbonyl (C=O) groups is 2. The molecule has 2 heterocycles. The number of rotatable bonds is 2. The standard InChI is InChI=1S/C10H16N2O3S/c1-11-3-2-7(4-11)9(13)12-6-16-5-8(12)10(14)15/h7-8H,2-6H2,1H3,(H,14,15)/t7?,8-/m0/s1. The summed E-state index contributed by atoms with van der Waals surface area (Å²) in [5.41, 5.74) is 0. The Bertz CT molecular complexity index is 310. The summed E-state index contributed by atoms with van der Waals surface area (Å²) in [6, 6.07) is -0.622. The second-order valence-corrected chi connectivity index (χ2v) is 5.41. The van der Waals surface area contributed by atoms with Gasteiger partial charge in [0.15, 0.2) is 0 Å². The molecule has 0 spiro atoms. The normalized spacial score (nSPS) is 30.9. The lowest BCUT2D eigenvalue weighted by atomic mass is 10.1. The van der Waals surface area contributed by atoms with Crippen molar-refractivity contribution in [1.82, 2.24) is 9.80 Å². The van der Waals surface area contributed by atoms with E-state index < -0.39 is 12.0 Å². The monoisotopic (exact) mass is 244 g/mol. The minimum atomic E-state index is -0.885. The fourth-order valence-corrected chi connectivity index (χ4v) is 3.39. The molecule has 2 aliphatic heterocycles. The molecular weight excluding hydrogens is 228 g/mol. The van der Waals surface area contributed by atoms with Crippen LogP contribution in [-0.4, -0.2) is 64.6 Å². The van der Waals surface area contributed by atoms with Gasteiger partial charge in [-0.1, -0.05) is 0 Å². The number of thioether (sulfide) groups is 1. The van der Waals surface area contributed by atoms with Crippen molar-refractivity contribution in [2.24, 2.45) is 5.92 Å². The molecule has 2 atom stereocenters. The van der Waals surface area contributed by atoms with E-state index in [9.17, 15) is 9.59 Å². The fraction of sp³-hybridized carbons (Fsp3) is 0.800. The second-order valence-electron chi connectivity index (χ2n) is 4.41. The van der Waals surface area contributed by atoms with E-state index in [1.54, 1.807) is 0 Å². The van der Waals surface area contributed by atoms with Crippen LogP contribution in [0.5, 0.6) is 0 Å². The van der Waals surface area contributed by atoms with Crippen LogP contribution in [0.1, 0.15) is 6.42 Å². The number of carboxylic acid groups (broad SMARTS) is 1. The van der Waals surface area contributed by atoms with Gasteiger partial charge in [0.05, 0.1) is 11.8 Å². The lowest BCUT2D eigenvalue weighted by molar-refractivity contribution is -0.149. The van der Waals surface area contributed by atoms with Crippen molar-refractivity contribution in [2.75, 3.05) is 31.8 Å². The Morgan fingerprint density at radius 2 is 2.19 bits per heavy atom. The lowest BCUT2D eigenvalue weighted by Gasteiger charge is -2.23. The molecule has 90 valence electrons. The Balaban J connectivity index is 2.01. The molecule has 6 heteroatoms. The van der Waals surface area contributed by atoms with Crippen LogP contribution in [0.25, 0.3) is 0 Å². The molecule has 2 aliphatic rings.